The molecule has 0 aromatic rings. The van der Waals surface area contributed by atoms with Gasteiger partial charge >= 0.3 is 5.97 Å². The van der Waals surface area contributed by atoms with Gasteiger partial charge in [0, 0.05) is 24.7 Å². The molecule has 0 unspecified atom stereocenters. The Hall–Kier alpha value is -1.20. The van der Waals surface area contributed by atoms with Crippen molar-refractivity contribution in [1.82, 2.24) is 0 Å². The molecule has 0 heterocycles. The van der Waals surface area contributed by atoms with Crippen LogP contribution in [0, 0.1) is 17.8 Å². The third-order valence-electron chi connectivity index (χ3n) is 5.86. The molecule has 0 bridgehead atoms. The number of esters is 1. The van der Waals surface area contributed by atoms with E-state index in [-0.39, 0.29) is 30.0 Å². The van der Waals surface area contributed by atoms with Crippen molar-refractivity contribution in [3.8, 4) is 0 Å². The maximum Gasteiger partial charge on any atom is 0.305 e. The van der Waals surface area contributed by atoms with Gasteiger partial charge < -0.3 is 14.9 Å². The number of ketones is 1. The van der Waals surface area contributed by atoms with Crippen LogP contribution in [0.15, 0.2) is 12.2 Å². The molecule has 0 aromatic heterocycles. The second-order valence-electron chi connectivity index (χ2n) is 8.39. The van der Waals surface area contributed by atoms with E-state index in [1.54, 1.807) is 6.08 Å². The van der Waals surface area contributed by atoms with E-state index in [2.05, 4.69) is 18.6 Å². The zero-order chi connectivity index (χ0) is 20.9. The SMILES string of the molecule is CCCC[C@H](C)C[C@H](O)/C=C/[C@H]1[C@H](O)CC(=O)[C@@H]1CCCCCCC(=O)OC. The zero-order valence-corrected chi connectivity index (χ0v) is 17.9. The number of ether oxygens (including phenoxy) is 1. The summed E-state index contributed by atoms with van der Waals surface area (Å²) in [6.07, 6.45) is 11.7. The van der Waals surface area contributed by atoms with Crippen LogP contribution in [0.5, 0.6) is 0 Å². The zero-order valence-electron chi connectivity index (χ0n) is 17.9. The number of hydrogen-bond donors (Lipinski definition) is 2. The van der Waals surface area contributed by atoms with Gasteiger partial charge in [-0.3, -0.25) is 9.59 Å². The first kappa shape index (κ1) is 24.8. The lowest BCUT2D eigenvalue weighted by molar-refractivity contribution is -0.140. The lowest BCUT2D eigenvalue weighted by Crippen LogP contribution is -2.19. The van der Waals surface area contributed by atoms with Crippen molar-refractivity contribution in [3.63, 3.8) is 0 Å². The van der Waals surface area contributed by atoms with Crippen LogP contribution < -0.4 is 0 Å². The van der Waals surface area contributed by atoms with Crippen molar-refractivity contribution in [2.45, 2.75) is 96.7 Å². The van der Waals surface area contributed by atoms with Gasteiger partial charge in [-0.1, -0.05) is 64.5 Å². The minimum Gasteiger partial charge on any atom is -0.469 e. The number of hydrogen-bond acceptors (Lipinski definition) is 5. The van der Waals surface area contributed by atoms with Gasteiger partial charge in [0.25, 0.3) is 0 Å². The van der Waals surface area contributed by atoms with Gasteiger partial charge in [-0.05, 0) is 25.2 Å². The number of Topliss-reactive ketones (excluding diaryl/α,β-unsaturated/α-hetero) is 1. The molecule has 1 aliphatic rings. The largest absolute Gasteiger partial charge is 0.469 e. The summed E-state index contributed by atoms with van der Waals surface area (Å²) < 4.78 is 4.63. The van der Waals surface area contributed by atoms with Crippen molar-refractivity contribution in [2.24, 2.45) is 17.8 Å². The molecule has 1 fully saturated rings. The maximum atomic E-state index is 12.3. The third-order valence-corrected chi connectivity index (χ3v) is 5.86. The quantitative estimate of drug-likeness (QED) is 0.261. The Morgan fingerprint density at radius 1 is 1.25 bits per heavy atom. The minimum atomic E-state index is -0.641. The first-order valence-electron chi connectivity index (χ1n) is 11.0. The smallest absolute Gasteiger partial charge is 0.305 e. The molecule has 2 N–H and O–H groups in total. The van der Waals surface area contributed by atoms with E-state index < -0.39 is 12.2 Å². The van der Waals surface area contributed by atoms with Gasteiger partial charge in [0.15, 0.2) is 0 Å². The summed E-state index contributed by atoms with van der Waals surface area (Å²) in [5.74, 6) is 0.0691. The average molecular weight is 397 g/mol. The molecule has 5 atom stereocenters. The van der Waals surface area contributed by atoms with Crippen LogP contribution in [-0.2, 0) is 14.3 Å². The molecule has 0 saturated heterocycles. The molecule has 5 heteroatoms. The molecule has 1 saturated carbocycles. The Labute approximate surface area is 170 Å². The molecule has 0 aromatic carbocycles. The van der Waals surface area contributed by atoms with E-state index in [9.17, 15) is 19.8 Å². The van der Waals surface area contributed by atoms with Crippen LogP contribution >= 0.6 is 0 Å². The highest BCUT2D eigenvalue weighted by molar-refractivity contribution is 5.84. The Kier molecular flexibility index (Phi) is 12.3. The predicted octanol–water partition coefficient (Wildman–Crippen LogP) is 4.20. The Bertz CT molecular complexity index is 487. The van der Waals surface area contributed by atoms with Gasteiger partial charge in [0.05, 0.1) is 19.3 Å². The highest BCUT2D eigenvalue weighted by Gasteiger charge is 2.39. The fourth-order valence-electron chi connectivity index (χ4n) is 4.10. The molecular formula is C23H40O5. The number of aliphatic hydroxyl groups excluding tert-OH is 2. The van der Waals surface area contributed by atoms with Crippen molar-refractivity contribution in [1.29, 1.82) is 0 Å². The number of aliphatic hydroxyl groups is 2. The number of unbranched alkanes of at least 4 members (excludes halogenated alkanes) is 4. The summed E-state index contributed by atoms with van der Waals surface area (Å²) in [5.41, 5.74) is 0. The van der Waals surface area contributed by atoms with Gasteiger partial charge in [-0.15, -0.1) is 0 Å². The van der Waals surface area contributed by atoms with Gasteiger partial charge in [0.1, 0.15) is 5.78 Å². The lowest BCUT2D eigenvalue weighted by atomic mass is 9.88. The summed E-state index contributed by atoms with van der Waals surface area (Å²) in [6, 6.07) is 0. The molecule has 28 heavy (non-hydrogen) atoms. The minimum absolute atomic E-state index is 0.127. The average Bonchev–Trinajstić information content (AvgIpc) is 2.93. The number of methoxy groups -OCH3 is 1. The first-order chi connectivity index (χ1) is 13.4. The fraction of sp³-hybridized carbons (Fsp3) is 0.826. The molecule has 0 spiro atoms. The Morgan fingerprint density at radius 3 is 2.64 bits per heavy atom. The van der Waals surface area contributed by atoms with E-state index in [1.807, 2.05) is 6.08 Å². The Morgan fingerprint density at radius 2 is 1.96 bits per heavy atom. The van der Waals surface area contributed by atoms with E-state index in [4.69, 9.17) is 0 Å². The van der Waals surface area contributed by atoms with Crippen LogP contribution in [0.1, 0.15) is 84.5 Å². The van der Waals surface area contributed by atoms with Crippen molar-refractivity contribution < 1.29 is 24.5 Å². The van der Waals surface area contributed by atoms with Crippen LogP contribution in [-0.4, -0.2) is 41.3 Å². The monoisotopic (exact) mass is 396 g/mol. The topological polar surface area (TPSA) is 83.8 Å². The summed E-state index contributed by atoms with van der Waals surface area (Å²) in [5, 5.41) is 20.5. The van der Waals surface area contributed by atoms with Crippen LogP contribution in [0.4, 0.5) is 0 Å². The van der Waals surface area contributed by atoms with E-state index >= 15 is 0 Å². The molecule has 1 aliphatic carbocycles. The summed E-state index contributed by atoms with van der Waals surface area (Å²) in [4.78, 5) is 23.4. The molecular weight excluding hydrogens is 356 g/mol. The lowest BCUT2D eigenvalue weighted by Gasteiger charge is -2.19. The number of carbonyl (C=O) groups is 2. The van der Waals surface area contributed by atoms with Crippen LogP contribution in [0.2, 0.25) is 0 Å². The van der Waals surface area contributed by atoms with E-state index in [1.165, 1.54) is 13.5 Å². The second-order valence-corrected chi connectivity index (χ2v) is 8.39. The third kappa shape index (κ3) is 9.33. The molecule has 5 nitrogen and oxygen atoms in total. The standard InChI is InChI=1S/C23H40O5/c1-4-5-10-17(2)15-18(24)13-14-20-19(21(25)16-22(20)26)11-8-6-7-9-12-23(27)28-3/h13-14,17-20,22,24,26H,4-12,15-16H2,1-3H3/b14-13+/t17-,18+,19+,20+,22+/m0/s1. The second kappa shape index (κ2) is 13.9. The van der Waals surface area contributed by atoms with Crippen molar-refractivity contribution in [2.75, 3.05) is 7.11 Å². The van der Waals surface area contributed by atoms with Gasteiger partial charge in [0.2, 0.25) is 0 Å². The van der Waals surface area contributed by atoms with Gasteiger partial charge in [-0.2, -0.15) is 0 Å². The molecule has 0 amide bonds. The number of rotatable bonds is 14. The molecule has 0 aliphatic heterocycles. The highest BCUT2D eigenvalue weighted by Crippen LogP contribution is 2.34. The normalized spacial score (nSPS) is 24.6. The van der Waals surface area contributed by atoms with Crippen molar-refractivity contribution in [3.05, 3.63) is 12.2 Å². The van der Waals surface area contributed by atoms with E-state index in [0.717, 1.165) is 51.4 Å². The fourth-order valence-corrected chi connectivity index (χ4v) is 4.10. The molecule has 1 rings (SSSR count). The van der Waals surface area contributed by atoms with Crippen molar-refractivity contribution >= 4 is 11.8 Å². The van der Waals surface area contributed by atoms with Crippen LogP contribution in [0.3, 0.4) is 0 Å². The van der Waals surface area contributed by atoms with Gasteiger partial charge in [-0.25, -0.2) is 0 Å². The van der Waals surface area contributed by atoms with Crippen LogP contribution in [0.25, 0.3) is 0 Å². The van der Waals surface area contributed by atoms with E-state index in [0.29, 0.717) is 12.3 Å². The summed E-state index contributed by atoms with van der Waals surface area (Å²) in [6.45, 7) is 4.32. The highest BCUT2D eigenvalue weighted by atomic mass is 16.5. The maximum absolute atomic E-state index is 12.3. The molecule has 0 radical (unpaired) electrons. The Balaban J connectivity index is 2.41. The predicted molar refractivity (Wildman–Crippen MR) is 111 cm³/mol. The summed E-state index contributed by atoms with van der Waals surface area (Å²) in [7, 11) is 1.40. The molecule has 162 valence electrons. The summed E-state index contributed by atoms with van der Waals surface area (Å²) >= 11 is 0. The first-order valence-corrected chi connectivity index (χ1v) is 11.0. The number of carbonyl (C=O) groups excluding carboxylic acids is 2.